The van der Waals surface area contributed by atoms with Crippen molar-refractivity contribution in [2.75, 3.05) is 13.7 Å². The Bertz CT molecular complexity index is 899. The van der Waals surface area contributed by atoms with Crippen LogP contribution >= 0.6 is 0 Å². The SMILES string of the molecule is C=CC[C@@H](C(=O)OC(C)(C)C)N(C)C(=O)OCC1c2ccccc2-c2ccccc21. The third-order valence-electron chi connectivity index (χ3n) is 5.16. The molecule has 0 unspecified atom stereocenters. The molecular weight excluding hydrogens is 378 g/mol. The van der Waals surface area contributed by atoms with Gasteiger partial charge >= 0.3 is 12.1 Å². The number of rotatable bonds is 6. The molecule has 0 saturated carbocycles. The van der Waals surface area contributed by atoms with E-state index in [1.165, 1.54) is 16.0 Å². The molecule has 1 aliphatic carbocycles. The van der Waals surface area contributed by atoms with Crippen LogP contribution in [-0.2, 0) is 14.3 Å². The van der Waals surface area contributed by atoms with Gasteiger partial charge in [-0.05, 0) is 49.4 Å². The maximum absolute atomic E-state index is 12.8. The van der Waals surface area contributed by atoms with Gasteiger partial charge < -0.3 is 9.47 Å². The van der Waals surface area contributed by atoms with Crippen LogP contribution in [0.3, 0.4) is 0 Å². The minimum atomic E-state index is -0.780. The van der Waals surface area contributed by atoms with Crippen molar-refractivity contribution in [3.05, 3.63) is 72.3 Å². The van der Waals surface area contributed by atoms with Crippen LogP contribution in [0.4, 0.5) is 4.79 Å². The molecule has 3 rings (SSSR count). The summed E-state index contributed by atoms with van der Waals surface area (Å²) in [7, 11) is 1.55. The second-order valence-electron chi connectivity index (χ2n) is 8.49. The lowest BCUT2D eigenvalue weighted by Crippen LogP contribution is -2.45. The zero-order valence-electron chi connectivity index (χ0n) is 18.1. The van der Waals surface area contributed by atoms with Gasteiger partial charge in [0.2, 0.25) is 0 Å². The van der Waals surface area contributed by atoms with E-state index in [9.17, 15) is 9.59 Å². The number of esters is 1. The van der Waals surface area contributed by atoms with Crippen molar-refractivity contribution in [3.8, 4) is 11.1 Å². The van der Waals surface area contributed by atoms with Crippen molar-refractivity contribution in [3.63, 3.8) is 0 Å². The van der Waals surface area contributed by atoms with E-state index in [2.05, 4.69) is 30.8 Å². The van der Waals surface area contributed by atoms with Crippen LogP contribution in [0.15, 0.2) is 61.2 Å². The number of fused-ring (bicyclic) bond motifs is 3. The van der Waals surface area contributed by atoms with Gasteiger partial charge in [-0.25, -0.2) is 9.59 Å². The molecule has 1 amide bonds. The molecule has 1 atom stereocenters. The first kappa shape index (κ1) is 21.6. The van der Waals surface area contributed by atoms with Gasteiger partial charge in [-0.1, -0.05) is 54.6 Å². The highest BCUT2D eigenvalue weighted by atomic mass is 16.6. The topological polar surface area (TPSA) is 55.8 Å². The Hall–Kier alpha value is -3.08. The molecule has 0 aliphatic heterocycles. The lowest BCUT2D eigenvalue weighted by atomic mass is 9.98. The van der Waals surface area contributed by atoms with Gasteiger partial charge in [0.25, 0.3) is 0 Å². The van der Waals surface area contributed by atoms with Gasteiger partial charge in [-0.15, -0.1) is 6.58 Å². The van der Waals surface area contributed by atoms with Crippen LogP contribution in [0.1, 0.15) is 44.2 Å². The summed E-state index contributed by atoms with van der Waals surface area (Å²) in [6, 6.07) is 15.5. The van der Waals surface area contributed by atoms with Crippen molar-refractivity contribution in [1.82, 2.24) is 4.90 Å². The Morgan fingerprint density at radius 2 is 1.60 bits per heavy atom. The fourth-order valence-electron chi connectivity index (χ4n) is 3.76. The molecule has 2 aromatic rings. The molecular formula is C25H29NO4. The number of hydrogen-bond acceptors (Lipinski definition) is 4. The molecule has 0 aromatic heterocycles. The van der Waals surface area contributed by atoms with Gasteiger partial charge in [0.15, 0.2) is 0 Å². The zero-order chi connectivity index (χ0) is 21.9. The molecule has 158 valence electrons. The summed E-state index contributed by atoms with van der Waals surface area (Å²) in [6.07, 6.45) is 1.33. The van der Waals surface area contributed by atoms with Crippen molar-refractivity contribution < 1.29 is 19.1 Å². The average Bonchev–Trinajstić information content (AvgIpc) is 3.02. The molecule has 0 radical (unpaired) electrons. The van der Waals surface area contributed by atoms with Crippen molar-refractivity contribution >= 4 is 12.1 Å². The van der Waals surface area contributed by atoms with Crippen LogP contribution in [0.5, 0.6) is 0 Å². The fourth-order valence-corrected chi connectivity index (χ4v) is 3.76. The van der Waals surface area contributed by atoms with E-state index in [0.717, 1.165) is 11.1 Å². The number of carbonyl (C=O) groups is 2. The number of amides is 1. The number of benzene rings is 2. The maximum Gasteiger partial charge on any atom is 0.410 e. The second-order valence-corrected chi connectivity index (χ2v) is 8.49. The van der Waals surface area contributed by atoms with Gasteiger partial charge in [0, 0.05) is 13.0 Å². The molecule has 2 aromatic carbocycles. The predicted octanol–water partition coefficient (Wildman–Crippen LogP) is 5.15. The summed E-state index contributed by atoms with van der Waals surface area (Å²) in [5, 5.41) is 0. The van der Waals surface area contributed by atoms with Gasteiger partial charge in [0.1, 0.15) is 18.2 Å². The first-order valence-corrected chi connectivity index (χ1v) is 10.1. The van der Waals surface area contributed by atoms with E-state index < -0.39 is 23.7 Å². The summed E-state index contributed by atoms with van der Waals surface area (Å²) < 4.78 is 11.1. The van der Waals surface area contributed by atoms with Gasteiger partial charge in [-0.2, -0.15) is 0 Å². The molecule has 0 bridgehead atoms. The quantitative estimate of drug-likeness (QED) is 0.491. The Labute approximate surface area is 178 Å². The average molecular weight is 408 g/mol. The van der Waals surface area contributed by atoms with E-state index in [0.29, 0.717) is 0 Å². The third kappa shape index (κ3) is 4.56. The largest absolute Gasteiger partial charge is 0.458 e. The molecule has 0 N–H and O–H groups in total. The highest BCUT2D eigenvalue weighted by Crippen LogP contribution is 2.44. The van der Waals surface area contributed by atoms with E-state index in [1.54, 1.807) is 33.9 Å². The third-order valence-corrected chi connectivity index (χ3v) is 5.16. The lowest BCUT2D eigenvalue weighted by Gasteiger charge is -2.29. The number of carbonyl (C=O) groups excluding carboxylic acids is 2. The van der Waals surface area contributed by atoms with E-state index in [1.807, 2.05) is 24.3 Å². The summed E-state index contributed by atoms with van der Waals surface area (Å²) in [6.45, 7) is 9.28. The molecule has 5 heteroatoms. The van der Waals surface area contributed by atoms with Crippen LogP contribution in [0, 0.1) is 0 Å². The number of hydrogen-bond donors (Lipinski definition) is 0. The van der Waals surface area contributed by atoms with Crippen molar-refractivity contribution in [1.29, 1.82) is 0 Å². The van der Waals surface area contributed by atoms with Crippen LogP contribution in [0.25, 0.3) is 11.1 Å². The molecule has 0 saturated heterocycles. The normalized spacial score (nSPS) is 13.7. The maximum atomic E-state index is 12.8. The molecule has 1 aliphatic rings. The van der Waals surface area contributed by atoms with Crippen LogP contribution in [-0.4, -0.2) is 42.3 Å². The molecule has 5 nitrogen and oxygen atoms in total. The summed E-state index contributed by atoms with van der Waals surface area (Å²) in [4.78, 5) is 26.6. The van der Waals surface area contributed by atoms with E-state index in [-0.39, 0.29) is 18.9 Å². The van der Waals surface area contributed by atoms with Crippen LogP contribution in [0.2, 0.25) is 0 Å². The monoisotopic (exact) mass is 407 g/mol. The minimum absolute atomic E-state index is 0.0332. The first-order valence-electron chi connectivity index (χ1n) is 10.1. The molecule has 0 fully saturated rings. The number of likely N-dealkylation sites (N-methyl/N-ethyl adjacent to an activating group) is 1. The molecule has 0 heterocycles. The minimum Gasteiger partial charge on any atom is -0.458 e. The van der Waals surface area contributed by atoms with Gasteiger partial charge in [-0.3, -0.25) is 4.90 Å². The fraction of sp³-hybridized carbons (Fsp3) is 0.360. The van der Waals surface area contributed by atoms with Gasteiger partial charge in [0.05, 0.1) is 0 Å². The standard InChI is InChI=1S/C25H29NO4/c1-6-11-22(23(27)30-25(2,3)4)26(5)24(28)29-16-21-19-14-9-7-12-17(19)18-13-8-10-15-20(18)21/h6-10,12-15,21-22H,1,11,16H2,2-5H3/t22-/m0/s1. The summed E-state index contributed by atoms with van der Waals surface area (Å²) in [5.41, 5.74) is 3.98. The van der Waals surface area contributed by atoms with Crippen LogP contribution < -0.4 is 0 Å². The zero-order valence-corrected chi connectivity index (χ0v) is 18.1. The predicted molar refractivity (Wildman–Crippen MR) is 117 cm³/mol. The molecule has 0 spiro atoms. The second kappa shape index (κ2) is 8.74. The Morgan fingerprint density at radius 1 is 1.07 bits per heavy atom. The van der Waals surface area contributed by atoms with E-state index >= 15 is 0 Å². The number of ether oxygens (including phenoxy) is 2. The summed E-state index contributed by atoms with van der Waals surface area (Å²) in [5.74, 6) is -0.507. The lowest BCUT2D eigenvalue weighted by molar-refractivity contribution is -0.160. The number of nitrogens with zero attached hydrogens (tertiary/aromatic N) is 1. The van der Waals surface area contributed by atoms with Crippen molar-refractivity contribution in [2.24, 2.45) is 0 Å². The van der Waals surface area contributed by atoms with Crippen molar-refractivity contribution in [2.45, 2.75) is 44.8 Å². The smallest absolute Gasteiger partial charge is 0.410 e. The highest BCUT2D eigenvalue weighted by Gasteiger charge is 2.33. The Balaban J connectivity index is 1.73. The highest BCUT2D eigenvalue weighted by molar-refractivity contribution is 5.82. The van der Waals surface area contributed by atoms with E-state index in [4.69, 9.17) is 9.47 Å². The first-order chi connectivity index (χ1) is 14.2. The Kier molecular flexibility index (Phi) is 6.30. The summed E-state index contributed by atoms with van der Waals surface area (Å²) >= 11 is 0. The Morgan fingerprint density at radius 3 is 2.10 bits per heavy atom. The molecule has 30 heavy (non-hydrogen) atoms.